The number of aromatic nitrogens is 2. The summed E-state index contributed by atoms with van der Waals surface area (Å²) >= 11 is 7.31. The minimum atomic E-state index is -0.171. The third-order valence-corrected chi connectivity index (χ3v) is 6.23. The van der Waals surface area contributed by atoms with Crippen molar-refractivity contribution in [3.8, 4) is 11.5 Å². The van der Waals surface area contributed by atoms with Gasteiger partial charge in [-0.3, -0.25) is 9.59 Å². The van der Waals surface area contributed by atoms with E-state index >= 15 is 0 Å². The standard InChI is InChI=1S/C22H22ClN5O3S/c1-15(29)27-10-12-28(13-11-27)17-8-6-16(7-9-17)24-20(30)14-32-22-26-25-21(31-22)18-4-2-3-5-19(18)23/h2-9H,10-14H2,1H3,(H,24,30). The highest BCUT2D eigenvalue weighted by molar-refractivity contribution is 7.99. The molecule has 0 saturated carbocycles. The first-order valence-corrected chi connectivity index (χ1v) is 11.5. The lowest BCUT2D eigenvalue weighted by Gasteiger charge is -2.35. The topological polar surface area (TPSA) is 91.6 Å². The molecular weight excluding hydrogens is 450 g/mol. The lowest BCUT2D eigenvalue weighted by molar-refractivity contribution is -0.129. The van der Waals surface area contributed by atoms with E-state index in [0.717, 1.165) is 43.6 Å². The Labute approximate surface area is 194 Å². The van der Waals surface area contributed by atoms with E-state index in [2.05, 4.69) is 20.4 Å². The highest BCUT2D eigenvalue weighted by atomic mass is 35.5. The number of piperazine rings is 1. The second-order valence-electron chi connectivity index (χ2n) is 7.23. The molecule has 1 saturated heterocycles. The summed E-state index contributed by atoms with van der Waals surface area (Å²) in [4.78, 5) is 27.9. The molecule has 2 aromatic carbocycles. The lowest BCUT2D eigenvalue weighted by Crippen LogP contribution is -2.48. The van der Waals surface area contributed by atoms with Gasteiger partial charge in [-0.15, -0.1) is 10.2 Å². The van der Waals surface area contributed by atoms with Crippen molar-refractivity contribution in [2.45, 2.75) is 12.1 Å². The third-order valence-electron chi connectivity index (χ3n) is 5.08. The van der Waals surface area contributed by atoms with Gasteiger partial charge in [0.05, 0.1) is 16.3 Å². The van der Waals surface area contributed by atoms with Crippen molar-refractivity contribution >= 4 is 46.6 Å². The fraction of sp³-hybridized carbons (Fsp3) is 0.273. The van der Waals surface area contributed by atoms with Crippen LogP contribution < -0.4 is 10.2 Å². The molecule has 0 atom stereocenters. The van der Waals surface area contributed by atoms with Crippen molar-refractivity contribution in [2.75, 3.05) is 42.1 Å². The van der Waals surface area contributed by atoms with Gasteiger partial charge in [0, 0.05) is 44.5 Å². The number of carbonyl (C=O) groups excluding carboxylic acids is 2. The molecule has 0 unspecified atom stereocenters. The van der Waals surface area contributed by atoms with Crippen LogP contribution in [0.2, 0.25) is 5.02 Å². The number of amides is 2. The first-order chi connectivity index (χ1) is 15.5. The lowest BCUT2D eigenvalue weighted by atomic mass is 10.2. The molecule has 32 heavy (non-hydrogen) atoms. The Kier molecular flexibility index (Phi) is 6.96. The monoisotopic (exact) mass is 471 g/mol. The molecule has 1 N–H and O–H groups in total. The van der Waals surface area contributed by atoms with Gasteiger partial charge in [0.2, 0.25) is 17.7 Å². The molecule has 0 bridgehead atoms. The van der Waals surface area contributed by atoms with Crippen molar-refractivity contribution < 1.29 is 14.0 Å². The van der Waals surface area contributed by atoms with Gasteiger partial charge < -0.3 is 19.5 Å². The Balaban J connectivity index is 1.27. The summed E-state index contributed by atoms with van der Waals surface area (Å²) < 4.78 is 5.60. The van der Waals surface area contributed by atoms with Crippen LogP contribution in [-0.2, 0) is 9.59 Å². The zero-order chi connectivity index (χ0) is 22.5. The summed E-state index contributed by atoms with van der Waals surface area (Å²) in [5, 5.41) is 11.7. The molecule has 3 aromatic rings. The van der Waals surface area contributed by atoms with Gasteiger partial charge in [0.1, 0.15) is 0 Å². The van der Waals surface area contributed by atoms with Gasteiger partial charge >= 0.3 is 0 Å². The molecule has 0 radical (unpaired) electrons. The van der Waals surface area contributed by atoms with Crippen LogP contribution in [0.25, 0.3) is 11.5 Å². The number of carbonyl (C=O) groups is 2. The summed E-state index contributed by atoms with van der Waals surface area (Å²) in [6.07, 6.45) is 0. The number of thioether (sulfide) groups is 1. The van der Waals surface area contributed by atoms with Crippen molar-refractivity contribution in [1.29, 1.82) is 0 Å². The van der Waals surface area contributed by atoms with Crippen LogP contribution >= 0.6 is 23.4 Å². The summed E-state index contributed by atoms with van der Waals surface area (Å²) in [6, 6.07) is 14.9. The maximum absolute atomic E-state index is 12.3. The Morgan fingerprint density at radius 3 is 2.47 bits per heavy atom. The SMILES string of the molecule is CC(=O)N1CCN(c2ccc(NC(=O)CSc3nnc(-c4ccccc4Cl)o3)cc2)CC1. The van der Waals surface area contributed by atoms with Gasteiger partial charge in [-0.1, -0.05) is 35.5 Å². The minimum absolute atomic E-state index is 0.112. The summed E-state index contributed by atoms with van der Waals surface area (Å²) in [7, 11) is 0. The van der Waals surface area contributed by atoms with Gasteiger partial charge in [-0.2, -0.15) is 0 Å². The zero-order valence-electron chi connectivity index (χ0n) is 17.5. The van der Waals surface area contributed by atoms with Gasteiger partial charge in [0.15, 0.2) is 0 Å². The molecule has 4 rings (SSSR count). The van der Waals surface area contributed by atoms with Crippen molar-refractivity contribution in [2.24, 2.45) is 0 Å². The van der Waals surface area contributed by atoms with Crippen LogP contribution in [0.5, 0.6) is 0 Å². The molecule has 1 aliphatic heterocycles. The third kappa shape index (κ3) is 5.41. The van der Waals surface area contributed by atoms with E-state index in [1.54, 1.807) is 19.1 Å². The van der Waals surface area contributed by atoms with E-state index in [4.69, 9.17) is 16.0 Å². The van der Waals surface area contributed by atoms with Crippen LogP contribution in [0.3, 0.4) is 0 Å². The Morgan fingerprint density at radius 1 is 1.06 bits per heavy atom. The quantitative estimate of drug-likeness (QED) is 0.547. The smallest absolute Gasteiger partial charge is 0.277 e. The van der Waals surface area contributed by atoms with E-state index in [1.807, 2.05) is 41.3 Å². The van der Waals surface area contributed by atoms with Crippen LogP contribution in [0.4, 0.5) is 11.4 Å². The van der Waals surface area contributed by atoms with Crippen molar-refractivity contribution in [1.82, 2.24) is 15.1 Å². The largest absolute Gasteiger partial charge is 0.411 e. The number of anilines is 2. The maximum Gasteiger partial charge on any atom is 0.277 e. The second-order valence-corrected chi connectivity index (χ2v) is 8.56. The predicted octanol–water partition coefficient (Wildman–Crippen LogP) is 3.79. The van der Waals surface area contributed by atoms with Crippen LogP contribution in [-0.4, -0.2) is 58.8 Å². The Hall–Kier alpha value is -3.04. The number of hydrogen-bond acceptors (Lipinski definition) is 7. The van der Waals surface area contributed by atoms with E-state index in [-0.39, 0.29) is 17.6 Å². The van der Waals surface area contributed by atoms with Crippen LogP contribution in [0, 0.1) is 0 Å². The molecule has 2 amide bonds. The van der Waals surface area contributed by atoms with Crippen molar-refractivity contribution in [3.63, 3.8) is 0 Å². The zero-order valence-corrected chi connectivity index (χ0v) is 19.0. The van der Waals surface area contributed by atoms with E-state index in [9.17, 15) is 9.59 Å². The molecule has 10 heteroatoms. The van der Waals surface area contributed by atoms with Gasteiger partial charge in [0.25, 0.3) is 5.22 Å². The molecule has 2 heterocycles. The predicted molar refractivity (Wildman–Crippen MR) is 125 cm³/mol. The summed E-state index contributed by atoms with van der Waals surface area (Å²) in [5.74, 6) is 0.397. The summed E-state index contributed by atoms with van der Waals surface area (Å²) in [6.45, 7) is 4.63. The molecule has 1 fully saturated rings. The van der Waals surface area contributed by atoms with Gasteiger partial charge in [-0.25, -0.2) is 0 Å². The minimum Gasteiger partial charge on any atom is -0.411 e. The molecule has 0 spiro atoms. The van der Waals surface area contributed by atoms with E-state index in [1.165, 1.54) is 0 Å². The number of halogens is 1. The molecular formula is C22H22ClN5O3S. The van der Waals surface area contributed by atoms with Crippen LogP contribution in [0.1, 0.15) is 6.92 Å². The highest BCUT2D eigenvalue weighted by Gasteiger charge is 2.19. The average molecular weight is 472 g/mol. The average Bonchev–Trinajstić information content (AvgIpc) is 3.27. The number of rotatable bonds is 6. The summed E-state index contributed by atoms with van der Waals surface area (Å²) in [5.41, 5.74) is 2.43. The second kappa shape index (κ2) is 10.1. The highest BCUT2D eigenvalue weighted by Crippen LogP contribution is 2.28. The van der Waals surface area contributed by atoms with E-state index < -0.39 is 0 Å². The molecule has 0 aliphatic carbocycles. The number of hydrogen-bond donors (Lipinski definition) is 1. The fourth-order valence-corrected chi connectivity index (χ4v) is 4.15. The number of nitrogens with one attached hydrogen (secondary N) is 1. The first kappa shape index (κ1) is 22.2. The maximum atomic E-state index is 12.3. The van der Waals surface area contributed by atoms with Gasteiger partial charge in [-0.05, 0) is 36.4 Å². The number of nitrogens with zero attached hydrogens (tertiary/aromatic N) is 4. The normalized spacial score (nSPS) is 13.8. The molecule has 1 aliphatic rings. The fourth-order valence-electron chi connectivity index (χ4n) is 3.37. The Bertz CT molecular complexity index is 1100. The molecule has 1 aromatic heterocycles. The first-order valence-electron chi connectivity index (χ1n) is 10.1. The van der Waals surface area contributed by atoms with Crippen LogP contribution in [0.15, 0.2) is 58.2 Å². The van der Waals surface area contributed by atoms with E-state index in [0.29, 0.717) is 27.4 Å². The molecule has 166 valence electrons. The van der Waals surface area contributed by atoms with Crippen molar-refractivity contribution in [3.05, 3.63) is 53.6 Å². The Morgan fingerprint density at radius 2 is 1.78 bits per heavy atom. The number of benzene rings is 2. The molecule has 8 nitrogen and oxygen atoms in total.